The van der Waals surface area contributed by atoms with Crippen LogP contribution in [-0.4, -0.2) is 11.1 Å². The highest BCUT2D eigenvalue weighted by Crippen LogP contribution is 2.12. The Morgan fingerprint density at radius 2 is 2.30 bits per heavy atom. The highest BCUT2D eigenvalue weighted by molar-refractivity contribution is 5.92. The van der Waals surface area contributed by atoms with Crippen molar-refractivity contribution in [3.05, 3.63) is 11.3 Å². The topological polar surface area (TPSA) is 95.1 Å². The molecule has 0 atom stereocenters. The first-order chi connectivity index (χ1) is 4.63. The zero-order chi connectivity index (χ0) is 7.72. The van der Waals surface area contributed by atoms with Gasteiger partial charge >= 0.3 is 0 Å². The van der Waals surface area contributed by atoms with Crippen molar-refractivity contribution in [2.24, 2.45) is 5.73 Å². The Bertz CT molecular complexity index is 266. The van der Waals surface area contributed by atoms with Crippen LogP contribution in [0.2, 0.25) is 0 Å². The van der Waals surface area contributed by atoms with Gasteiger partial charge in [-0.15, -0.1) is 0 Å². The molecule has 1 aromatic heterocycles. The average Bonchev–Trinajstić information content (AvgIpc) is 2.14. The molecule has 5 nitrogen and oxygen atoms in total. The van der Waals surface area contributed by atoms with Crippen LogP contribution >= 0.6 is 0 Å². The summed E-state index contributed by atoms with van der Waals surface area (Å²) in [6.45, 7) is 1.62. The minimum absolute atomic E-state index is 0.0949. The molecule has 54 valence electrons. The van der Waals surface area contributed by atoms with Crippen LogP contribution in [0.25, 0.3) is 0 Å². The number of nitrogen functional groups attached to an aromatic ring is 1. The van der Waals surface area contributed by atoms with Crippen LogP contribution in [0.1, 0.15) is 16.1 Å². The Hall–Kier alpha value is -1.52. The first-order valence-electron chi connectivity index (χ1n) is 2.64. The van der Waals surface area contributed by atoms with E-state index in [1.165, 1.54) is 0 Å². The van der Waals surface area contributed by atoms with Gasteiger partial charge in [-0.1, -0.05) is 5.16 Å². The molecule has 10 heavy (non-hydrogen) atoms. The van der Waals surface area contributed by atoms with Crippen LogP contribution in [0.4, 0.5) is 5.88 Å². The standard InChI is InChI=1S/C5H7N3O2/c1-2-3(4(6)9)8-10-5(2)7/h7H2,1H3,(H2,6,9). The molecular formula is C5H7N3O2. The van der Waals surface area contributed by atoms with E-state index >= 15 is 0 Å². The van der Waals surface area contributed by atoms with E-state index < -0.39 is 5.91 Å². The molecule has 0 aliphatic rings. The number of amides is 1. The smallest absolute Gasteiger partial charge is 0.271 e. The van der Waals surface area contributed by atoms with Crippen molar-refractivity contribution in [3.8, 4) is 0 Å². The molecule has 0 bridgehead atoms. The van der Waals surface area contributed by atoms with E-state index in [2.05, 4.69) is 9.68 Å². The number of hydrogen-bond donors (Lipinski definition) is 2. The van der Waals surface area contributed by atoms with Crippen molar-refractivity contribution < 1.29 is 9.32 Å². The number of hydrogen-bond acceptors (Lipinski definition) is 4. The third kappa shape index (κ3) is 0.812. The molecule has 0 radical (unpaired) electrons. The van der Waals surface area contributed by atoms with Gasteiger partial charge < -0.3 is 16.0 Å². The average molecular weight is 141 g/mol. The molecule has 0 aliphatic heterocycles. The summed E-state index contributed by atoms with van der Waals surface area (Å²) in [7, 11) is 0. The van der Waals surface area contributed by atoms with Gasteiger partial charge in [0.1, 0.15) is 0 Å². The lowest BCUT2D eigenvalue weighted by Gasteiger charge is -1.85. The van der Waals surface area contributed by atoms with E-state index in [-0.39, 0.29) is 11.6 Å². The van der Waals surface area contributed by atoms with E-state index in [0.29, 0.717) is 5.56 Å². The monoisotopic (exact) mass is 141 g/mol. The lowest BCUT2D eigenvalue weighted by atomic mass is 10.2. The van der Waals surface area contributed by atoms with Crippen molar-refractivity contribution in [1.29, 1.82) is 0 Å². The number of anilines is 1. The molecule has 1 rings (SSSR count). The second-order valence-corrected chi connectivity index (χ2v) is 1.88. The minimum Gasteiger partial charge on any atom is -0.367 e. The van der Waals surface area contributed by atoms with E-state index in [9.17, 15) is 4.79 Å². The normalized spacial score (nSPS) is 9.70. The molecule has 1 heterocycles. The van der Waals surface area contributed by atoms with Gasteiger partial charge in [0.05, 0.1) is 0 Å². The van der Waals surface area contributed by atoms with Gasteiger partial charge in [0.2, 0.25) is 5.88 Å². The first-order valence-corrected chi connectivity index (χ1v) is 2.64. The Kier molecular flexibility index (Phi) is 1.33. The summed E-state index contributed by atoms with van der Waals surface area (Å²) in [5.41, 5.74) is 10.7. The van der Waals surface area contributed by atoms with Gasteiger partial charge in [-0.25, -0.2) is 0 Å². The van der Waals surface area contributed by atoms with Crippen LogP contribution in [0.15, 0.2) is 4.52 Å². The SMILES string of the molecule is Cc1c(C(N)=O)noc1N. The summed E-state index contributed by atoms with van der Waals surface area (Å²) in [5, 5.41) is 3.34. The molecule has 0 aromatic carbocycles. The molecule has 1 amide bonds. The van der Waals surface area contributed by atoms with Gasteiger partial charge in [-0.05, 0) is 6.92 Å². The van der Waals surface area contributed by atoms with Crippen molar-refractivity contribution in [2.45, 2.75) is 6.92 Å². The predicted molar refractivity (Wildman–Crippen MR) is 34.2 cm³/mol. The third-order valence-corrected chi connectivity index (χ3v) is 1.19. The number of nitrogens with two attached hydrogens (primary N) is 2. The molecule has 0 aliphatic carbocycles. The molecule has 0 saturated carbocycles. The summed E-state index contributed by atoms with van der Waals surface area (Å²) in [4.78, 5) is 10.5. The van der Waals surface area contributed by atoms with Gasteiger partial charge in [0.15, 0.2) is 5.69 Å². The summed E-state index contributed by atoms with van der Waals surface area (Å²) >= 11 is 0. The lowest BCUT2D eigenvalue weighted by Crippen LogP contribution is -2.12. The number of rotatable bonds is 1. The fourth-order valence-electron chi connectivity index (χ4n) is 0.578. The van der Waals surface area contributed by atoms with E-state index in [1.54, 1.807) is 6.92 Å². The zero-order valence-corrected chi connectivity index (χ0v) is 5.42. The van der Waals surface area contributed by atoms with Gasteiger partial charge in [-0.2, -0.15) is 0 Å². The fourth-order valence-corrected chi connectivity index (χ4v) is 0.578. The number of carbonyl (C=O) groups is 1. The summed E-state index contributed by atoms with van der Waals surface area (Å²) < 4.78 is 4.48. The molecule has 0 spiro atoms. The van der Waals surface area contributed by atoms with Crippen LogP contribution in [0.5, 0.6) is 0 Å². The molecular weight excluding hydrogens is 134 g/mol. The van der Waals surface area contributed by atoms with Crippen molar-refractivity contribution in [2.75, 3.05) is 5.73 Å². The van der Waals surface area contributed by atoms with Crippen LogP contribution in [-0.2, 0) is 0 Å². The largest absolute Gasteiger partial charge is 0.367 e. The molecule has 4 N–H and O–H groups in total. The van der Waals surface area contributed by atoms with Crippen molar-refractivity contribution >= 4 is 11.8 Å². The van der Waals surface area contributed by atoms with Gasteiger partial charge in [-0.3, -0.25) is 4.79 Å². The Balaban J connectivity index is 3.17. The van der Waals surface area contributed by atoms with E-state index in [4.69, 9.17) is 11.5 Å². The number of aromatic nitrogens is 1. The fraction of sp³-hybridized carbons (Fsp3) is 0.200. The maximum Gasteiger partial charge on any atom is 0.271 e. The third-order valence-electron chi connectivity index (χ3n) is 1.19. The Labute approximate surface area is 57.0 Å². The maximum absolute atomic E-state index is 10.5. The Morgan fingerprint density at radius 1 is 1.70 bits per heavy atom. The Morgan fingerprint density at radius 3 is 2.50 bits per heavy atom. The summed E-state index contributed by atoms with van der Waals surface area (Å²) in [6.07, 6.45) is 0. The van der Waals surface area contributed by atoms with Crippen molar-refractivity contribution in [3.63, 3.8) is 0 Å². The molecule has 1 aromatic rings. The number of primary amides is 1. The molecule has 0 fully saturated rings. The van der Waals surface area contributed by atoms with E-state index in [0.717, 1.165) is 0 Å². The number of nitrogens with zero attached hydrogens (tertiary/aromatic N) is 1. The lowest BCUT2D eigenvalue weighted by molar-refractivity contribution is 0.0991. The minimum atomic E-state index is -0.627. The molecule has 5 heteroatoms. The maximum atomic E-state index is 10.5. The van der Waals surface area contributed by atoms with Gasteiger partial charge in [0, 0.05) is 5.56 Å². The zero-order valence-electron chi connectivity index (χ0n) is 5.42. The van der Waals surface area contributed by atoms with Crippen LogP contribution < -0.4 is 11.5 Å². The molecule has 0 saturated heterocycles. The molecule has 0 unspecified atom stereocenters. The highest BCUT2D eigenvalue weighted by Gasteiger charge is 2.12. The predicted octanol–water partition coefficient (Wildman–Crippen LogP) is -0.336. The van der Waals surface area contributed by atoms with E-state index in [1.807, 2.05) is 0 Å². The second-order valence-electron chi connectivity index (χ2n) is 1.88. The van der Waals surface area contributed by atoms with Crippen LogP contribution in [0.3, 0.4) is 0 Å². The van der Waals surface area contributed by atoms with Gasteiger partial charge in [0.25, 0.3) is 5.91 Å². The second kappa shape index (κ2) is 2.02. The van der Waals surface area contributed by atoms with Crippen LogP contribution in [0, 0.1) is 6.92 Å². The highest BCUT2D eigenvalue weighted by atomic mass is 16.5. The quantitative estimate of drug-likeness (QED) is 0.559. The first kappa shape index (κ1) is 6.60. The summed E-state index contributed by atoms with van der Waals surface area (Å²) in [5.74, 6) is -0.494. The summed E-state index contributed by atoms with van der Waals surface area (Å²) in [6, 6.07) is 0. The number of carbonyl (C=O) groups excluding carboxylic acids is 1. The van der Waals surface area contributed by atoms with Crippen molar-refractivity contribution in [1.82, 2.24) is 5.16 Å².